The van der Waals surface area contributed by atoms with E-state index in [1.807, 2.05) is 47.7 Å². The van der Waals surface area contributed by atoms with Crippen LogP contribution in [0.15, 0.2) is 12.1 Å². The summed E-state index contributed by atoms with van der Waals surface area (Å²) < 4.78 is 14.2. The van der Waals surface area contributed by atoms with Crippen LogP contribution in [0, 0.1) is 27.7 Å². The molecular weight excluding hydrogens is 358 g/mol. The fraction of sp³-hybridized carbons (Fsp3) is 0.476. The van der Waals surface area contributed by atoms with Gasteiger partial charge in [-0.2, -0.15) is 5.10 Å². The molecule has 0 N–H and O–H groups in total. The number of nitrogens with zero attached hydrogens (tertiary/aromatic N) is 3. The summed E-state index contributed by atoms with van der Waals surface area (Å²) in [5.41, 5.74) is 5.05. The third kappa shape index (κ3) is 4.59. The Kier molecular flexibility index (Phi) is 6.96. The maximum Gasteiger partial charge on any atom is 0.331 e. The summed E-state index contributed by atoms with van der Waals surface area (Å²) in [5, 5.41) is 4.30. The number of aromatic nitrogens is 3. The van der Waals surface area contributed by atoms with Crippen molar-refractivity contribution in [3.05, 3.63) is 46.0 Å². The van der Waals surface area contributed by atoms with Gasteiger partial charge in [-0.25, -0.2) is 4.79 Å². The van der Waals surface area contributed by atoms with Crippen LogP contribution in [0.2, 0.25) is 0 Å². The molecular formula is C21H29N3O4. The number of esters is 1. The number of methoxy groups -OCH3 is 1. The lowest BCUT2D eigenvalue weighted by Gasteiger charge is -2.17. The zero-order valence-corrected chi connectivity index (χ0v) is 17.7. The van der Waals surface area contributed by atoms with Gasteiger partial charge in [0, 0.05) is 48.4 Å². The van der Waals surface area contributed by atoms with Gasteiger partial charge in [-0.3, -0.25) is 9.48 Å². The summed E-state index contributed by atoms with van der Waals surface area (Å²) in [7, 11) is 3.50. The second kappa shape index (κ2) is 9.01. The van der Waals surface area contributed by atoms with Crippen molar-refractivity contribution in [3.63, 3.8) is 0 Å². The smallest absolute Gasteiger partial charge is 0.331 e. The molecule has 2 aromatic heterocycles. The van der Waals surface area contributed by atoms with Gasteiger partial charge in [-0.05, 0) is 46.8 Å². The van der Waals surface area contributed by atoms with Gasteiger partial charge in [-0.1, -0.05) is 0 Å². The third-order valence-electron chi connectivity index (χ3n) is 4.93. The third-order valence-corrected chi connectivity index (χ3v) is 4.93. The first-order chi connectivity index (χ1) is 13.2. The first-order valence-corrected chi connectivity index (χ1v) is 9.22. The van der Waals surface area contributed by atoms with Gasteiger partial charge < -0.3 is 14.0 Å². The van der Waals surface area contributed by atoms with Crippen LogP contribution in [0.25, 0.3) is 6.08 Å². The molecule has 7 heteroatoms. The van der Waals surface area contributed by atoms with Crippen molar-refractivity contribution in [1.29, 1.82) is 0 Å². The molecule has 0 spiro atoms. The number of rotatable bonds is 8. The summed E-state index contributed by atoms with van der Waals surface area (Å²) in [4.78, 5) is 24.6. The molecule has 0 aliphatic heterocycles. The minimum atomic E-state index is -0.558. The van der Waals surface area contributed by atoms with Crippen molar-refractivity contribution in [2.24, 2.45) is 7.05 Å². The van der Waals surface area contributed by atoms with Gasteiger partial charge in [0.1, 0.15) is 0 Å². The number of aryl methyl sites for hydroxylation is 3. The number of hydrogen-bond acceptors (Lipinski definition) is 5. The van der Waals surface area contributed by atoms with Gasteiger partial charge in [0.05, 0.1) is 18.3 Å². The first-order valence-electron chi connectivity index (χ1n) is 9.22. The van der Waals surface area contributed by atoms with Gasteiger partial charge in [0.25, 0.3) is 0 Å². The zero-order chi connectivity index (χ0) is 21.0. The van der Waals surface area contributed by atoms with Crippen LogP contribution in [0.4, 0.5) is 0 Å². The molecule has 2 heterocycles. The Hall–Kier alpha value is -2.67. The van der Waals surface area contributed by atoms with Crippen molar-refractivity contribution in [1.82, 2.24) is 14.3 Å². The van der Waals surface area contributed by atoms with Crippen molar-refractivity contribution >= 4 is 17.8 Å². The molecule has 2 aromatic rings. The van der Waals surface area contributed by atoms with Crippen molar-refractivity contribution in [2.75, 3.05) is 20.3 Å². The highest BCUT2D eigenvalue weighted by Gasteiger charge is 2.19. The van der Waals surface area contributed by atoms with E-state index >= 15 is 0 Å². The van der Waals surface area contributed by atoms with E-state index in [1.165, 1.54) is 6.08 Å². The van der Waals surface area contributed by atoms with E-state index in [9.17, 15) is 9.59 Å². The highest BCUT2D eigenvalue weighted by molar-refractivity contribution is 6.00. The molecule has 0 aromatic carbocycles. The van der Waals surface area contributed by atoms with E-state index in [0.29, 0.717) is 12.2 Å². The SMILES string of the molecule is COC[C@@H](C)n1c(C)cc(C(=O)COC(=O)/C=C/c2c(C)nn(C)c2C)c1C. The molecule has 0 amide bonds. The summed E-state index contributed by atoms with van der Waals surface area (Å²) in [6.07, 6.45) is 3.00. The standard InChI is InChI=1S/C21H29N3O4/c1-13-10-19(17(5)24(13)14(2)11-27-7)20(25)12-28-21(26)9-8-18-15(3)22-23(6)16(18)4/h8-10,14H,11-12H2,1-7H3/b9-8+/t14-/m1/s1. The van der Waals surface area contributed by atoms with Crippen molar-refractivity contribution < 1.29 is 19.1 Å². The molecule has 0 aliphatic carbocycles. The topological polar surface area (TPSA) is 75.3 Å². The van der Waals surface area contributed by atoms with Crippen LogP contribution >= 0.6 is 0 Å². The number of Topliss-reactive ketones (excluding diaryl/α,β-unsaturated/α-hetero) is 1. The van der Waals surface area contributed by atoms with Gasteiger partial charge in [0.2, 0.25) is 5.78 Å². The molecule has 0 bridgehead atoms. The summed E-state index contributed by atoms with van der Waals surface area (Å²) in [5.74, 6) is -0.781. The van der Waals surface area contributed by atoms with Crippen LogP contribution in [0.3, 0.4) is 0 Å². The highest BCUT2D eigenvalue weighted by atomic mass is 16.5. The number of hydrogen-bond donors (Lipinski definition) is 0. The predicted octanol–water partition coefficient (Wildman–Crippen LogP) is 3.10. The average Bonchev–Trinajstić information content (AvgIpc) is 3.06. The van der Waals surface area contributed by atoms with E-state index in [0.717, 1.165) is 28.3 Å². The molecule has 7 nitrogen and oxygen atoms in total. The van der Waals surface area contributed by atoms with E-state index in [2.05, 4.69) is 9.67 Å². The largest absolute Gasteiger partial charge is 0.454 e. The number of ether oxygens (including phenoxy) is 2. The molecule has 0 saturated carbocycles. The van der Waals surface area contributed by atoms with Crippen molar-refractivity contribution in [3.8, 4) is 0 Å². The molecule has 28 heavy (non-hydrogen) atoms. The minimum Gasteiger partial charge on any atom is -0.454 e. The number of ketones is 1. The zero-order valence-electron chi connectivity index (χ0n) is 17.7. The fourth-order valence-electron chi connectivity index (χ4n) is 3.50. The van der Waals surface area contributed by atoms with E-state index < -0.39 is 5.97 Å². The molecule has 0 aliphatic rings. The van der Waals surface area contributed by atoms with Gasteiger partial charge in [-0.15, -0.1) is 0 Å². The lowest BCUT2D eigenvalue weighted by Crippen LogP contribution is -2.16. The predicted molar refractivity (Wildman–Crippen MR) is 107 cm³/mol. The molecule has 1 atom stereocenters. The Morgan fingerprint density at radius 2 is 1.89 bits per heavy atom. The Bertz CT molecular complexity index is 905. The maximum absolute atomic E-state index is 12.5. The highest BCUT2D eigenvalue weighted by Crippen LogP contribution is 2.21. The molecule has 0 unspecified atom stereocenters. The quantitative estimate of drug-likeness (QED) is 0.395. The van der Waals surface area contributed by atoms with Crippen LogP contribution in [-0.2, 0) is 21.3 Å². The Morgan fingerprint density at radius 1 is 1.21 bits per heavy atom. The normalized spacial score (nSPS) is 12.5. The Labute approximate surface area is 165 Å². The van der Waals surface area contributed by atoms with E-state index in [1.54, 1.807) is 17.9 Å². The Morgan fingerprint density at radius 3 is 2.46 bits per heavy atom. The summed E-state index contributed by atoms with van der Waals surface area (Å²) >= 11 is 0. The van der Waals surface area contributed by atoms with Crippen LogP contribution in [0.1, 0.15) is 51.7 Å². The first kappa shape index (κ1) is 21.6. The van der Waals surface area contributed by atoms with Crippen molar-refractivity contribution in [2.45, 2.75) is 40.7 Å². The maximum atomic E-state index is 12.5. The fourth-order valence-corrected chi connectivity index (χ4v) is 3.50. The second-order valence-electron chi connectivity index (χ2n) is 7.03. The average molecular weight is 387 g/mol. The molecule has 0 saturated heterocycles. The molecule has 0 radical (unpaired) electrons. The number of carbonyl (C=O) groups excluding carboxylic acids is 2. The van der Waals surface area contributed by atoms with E-state index in [4.69, 9.17) is 9.47 Å². The van der Waals surface area contributed by atoms with Crippen LogP contribution in [-0.4, -0.2) is 46.4 Å². The van der Waals surface area contributed by atoms with Gasteiger partial charge in [0.15, 0.2) is 6.61 Å². The molecule has 2 rings (SSSR count). The van der Waals surface area contributed by atoms with Gasteiger partial charge >= 0.3 is 5.97 Å². The lowest BCUT2D eigenvalue weighted by molar-refractivity contribution is -0.136. The summed E-state index contributed by atoms with van der Waals surface area (Å²) in [6.45, 7) is 9.93. The van der Waals surface area contributed by atoms with Crippen LogP contribution < -0.4 is 0 Å². The monoisotopic (exact) mass is 387 g/mol. The minimum absolute atomic E-state index is 0.114. The van der Waals surface area contributed by atoms with Crippen LogP contribution in [0.5, 0.6) is 0 Å². The number of carbonyl (C=O) groups is 2. The second-order valence-corrected chi connectivity index (χ2v) is 7.03. The van der Waals surface area contributed by atoms with E-state index in [-0.39, 0.29) is 18.4 Å². The lowest BCUT2D eigenvalue weighted by atomic mass is 10.1. The summed E-state index contributed by atoms with van der Waals surface area (Å²) in [6, 6.07) is 1.94. The Balaban J connectivity index is 2.03. The molecule has 152 valence electrons. The molecule has 0 fully saturated rings.